The lowest BCUT2D eigenvalue weighted by Gasteiger charge is -2.26. The third-order valence-corrected chi connectivity index (χ3v) is 5.27. The Hall–Kier alpha value is -1.22. The van der Waals surface area contributed by atoms with E-state index >= 15 is 0 Å². The molecule has 0 aliphatic heterocycles. The predicted molar refractivity (Wildman–Crippen MR) is 109 cm³/mol. The molecule has 138 valence electrons. The van der Waals surface area contributed by atoms with Crippen molar-refractivity contribution in [2.75, 3.05) is 0 Å². The van der Waals surface area contributed by atoms with Gasteiger partial charge in [-0.15, -0.1) is 5.47 Å². The highest BCUT2D eigenvalue weighted by Gasteiger charge is 2.18. The normalized spacial score (nSPS) is 20.1. The van der Waals surface area contributed by atoms with Gasteiger partial charge in [0, 0.05) is 5.92 Å². The highest BCUT2D eigenvalue weighted by Crippen LogP contribution is 2.31. The van der Waals surface area contributed by atoms with Crippen LogP contribution >= 0.6 is 0 Å². The van der Waals surface area contributed by atoms with Crippen LogP contribution in [-0.4, -0.2) is 20.2 Å². The van der Waals surface area contributed by atoms with Gasteiger partial charge in [-0.2, -0.15) is 0 Å². The fourth-order valence-corrected chi connectivity index (χ4v) is 3.66. The van der Waals surface area contributed by atoms with E-state index < -0.39 is 0 Å². The van der Waals surface area contributed by atoms with Crippen LogP contribution in [0, 0.1) is 5.92 Å². The lowest BCUT2D eigenvalue weighted by atomic mass is 9.81. The van der Waals surface area contributed by atoms with Crippen molar-refractivity contribution in [3.05, 3.63) is 41.4 Å². The lowest BCUT2D eigenvalue weighted by Crippen LogP contribution is -2.26. The minimum absolute atomic E-state index is 0.183. The maximum Gasteiger partial charge on any atom is 0.197 e. The van der Waals surface area contributed by atoms with Crippen molar-refractivity contribution < 1.29 is 9.47 Å². The van der Waals surface area contributed by atoms with E-state index in [0.29, 0.717) is 17.9 Å². The molecule has 0 spiro atoms. The first-order chi connectivity index (χ1) is 12.0. The molecular weight excluding hydrogens is 307 g/mol. The summed E-state index contributed by atoms with van der Waals surface area (Å²) in [4.78, 5) is 0. The molecule has 0 aromatic heterocycles. The molecule has 0 heterocycles. The molecule has 2 rings (SSSR count). The molecule has 3 heteroatoms. The molecule has 0 N–H and O–H groups in total. The van der Waals surface area contributed by atoms with Crippen molar-refractivity contribution in [1.29, 1.82) is 0 Å². The molecule has 1 fully saturated rings. The average molecular weight is 342 g/mol. The number of benzene rings is 1. The topological polar surface area (TPSA) is 18.5 Å². The molecule has 1 aliphatic rings. The first kappa shape index (κ1) is 20.1. The summed E-state index contributed by atoms with van der Waals surface area (Å²) < 4.78 is 12.0. The molecule has 0 bridgehead atoms. The Morgan fingerprint density at radius 3 is 2.36 bits per heavy atom. The second-order valence-corrected chi connectivity index (χ2v) is 7.81. The van der Waals surface area contributed by atoms with Gasteiger partial charge in [-0.1, -0.05) is 64.7 Å². The SMILES string of the molecule is B/C(C)=C/C(c1ccc(OC(C)OC2CCCCC2)cc1)C(C)CC. The number of hydrogen-bond donors (Lipinski definition) is 0. The summed E-state index contributed by atoms with van der Waals surface area (Å²) in [7, 11) is 2.18. The van der Waals surface area contributed by atoms with Gasteiger partial charge in [-0.3, -0.25) is 0 Å². The summed E-state index contributed by atoms with van der Waals surface area (Å²) in [6.45, 7) is 8.78. The van der Waals surface area contributed by atoms with Gasteiger partial charge >= 0.3 is 0 Å². The van der Waals surface area contributed by atoms with Gasteiger partial charge in [0.1, 0.15) is 13.6 Å². The van der Waals surface area contributed by atoms with Crippen LogP contribution in [0.2, 0.25) is 0 Å². The summed E-state index contributed by atoms with van der Waals surface area (Å²) in [5.74, 6) is 2.00. The molecular formula is C22H35BO2. The van der Waals surface area contributed by atoms with Crippen LogP contribution < -0.4 is 4.74 Å². The van der Waals surface area contributed by atoms with E-state index in [4.69, 9.17) is 9.47 Å². The summed E-state index contributed by atoms with van der Waals surface area (Å²) >= 11 is 0. The van der Waals surface area contributed by atoms with E-state index in [1.807, 2.05) is 6.92 Å². The summed E-state index contributed by atoms with van der Waals surface area (Å²) in [5.41, 5.74) is 2.74. The second-order valence-electron chi connectivity index (χ2n) is 7.81. The molecule has 0 saturated heterocycles. The van der Waals surface area contributed by atoms with Crippen LogP contribution in [0.25, 0.3) is 0 Å². The van der Waals surface area contributed by atoms with Crippen molar-refractivity contribution in [3.8, 4) is 5.75 Å². The molecule has 0 amide bonds. The highest BCUT2D eigenvalue weighted by atomic mass is 16.7. The molecule has 1 aliphatic carbocycles. The van der Waals surface area contributed by atoms with Crippen LogP contribution in [-0.2, 0) is 4.74 Å². The molecule has 1 aromatic carbocycles. The van der Waals surface area contributed by atoms with Crippen LogP contribution in [0.1, 0.15) is 77.7 Å². The quantitative estimate of drug-likeness (QED) is 0.463. The third-order valence-electron chi connectivity index (χ3n) is 5.27. The zero-order valence-corrected chi connectivity index (χ0v) is 16.8. The van der Waals surface area contributed by atoms with Crippen LogP contribution in [0.15, 0.2) is 35.8 Å². The van der Waals surface area contributed by atoms with E-state index in [9.17, 15) is 0 Å². The molecule has 0 radical (unpaired) electrons. The fraction of sp³-hybridized carbons (Fsp3) is 0.636. The van der Waals surface area contributed by atoms with E-state index in [2.05, 4.69) is 59.0 Å². The molecule has 3 atom stereocenters. The Kier molecular flexibility index (Phi) is 8.09. The first-order valence-corrected chi connectivity index (χ1v) is 10.1. The Balaban J connectivity index is 1.96. The first-order valence-electron chi connectivity index (χ1n) is 10.1. The lowest BCUT2D eigenvalue weighted by molar-refractivity contribution is -0.116. The monoisotopic (exact) mass is 342 g/mol. The molecule has 1 saturated carbocycles. The minimum atomic E-state index is -0.183. The Morgan fingerprint density at radius 1 is 1.16 bits per heavy atom. The largest absolute Gasteiger partial charge is 0.465 e. The predicted octanol–water partition coefficient (Wildman–Crippen LogP) is 5.43. The number of hydrogen-bond acceptors (Lipinski definition) is 2. The van der Waals surface area contributed by atoms with Gasteiger partial charge in [-0.25, -0.2) is 0 Å². The summed E-state index contributed by atoms with van der Waals surface area (Å²) in [6, 6.07) is 8.59. The summed E-state index contributed by atoms with van der Waals surface area (Å²) in [6.07, 6.45) is 10.0. The van der Waals surface area contributed by atoms with E-state index in [-0.39, 0.29) is 6.29 Å². The van der Waals surface area contributed by atoms with Crippen molar-refractivity contribution >= 4 is 7.85 Å². The van der Waals surface area contributed by atoms with Gasteiger partial charge in [0.15, 0.2) is 6.29 Å². The van der Waals surface area contributed by atoms with Gasteiger partial charge in [0.25, 0.3) is 0 Å². The minimum Gasteiger partial charge on any atom is -0.465 e. The zero-order valence-electron chi connectivity index (χ0n) is 16.8. The third kappa shape index (κ3) is 6.54. The molecule has 1 aromatic rings. The standard InChI is InChI=1S/C22H35BO2/c1-5-16(2)22(15-17(3)23)19-11-13-21(14-12-19)25-18(4)24-20-9-7-6-8-10-20/h11-16,18,20,22H,5-10,23H2,1-4H3/b17-15+. The Bertz CT molecular complexity index is 527. The average Bonchev–Trinajstić information content (AvgIpc) is 2.60. The Morgan fingerprint density at radius 2 is 1.80 bits per heavy atom. The number of ether oxygens (including phenoxy) is 2. The van der Waals surface area contributed by atoms with Gasteiger partial charge < -0.3 is 9.47 Å². The van der Waals surface area contributed by atoms with Crippen LogP contribution in [0.5, 0.6) is 5.75 Å². The maximum atomic E-state index is 6.05. The van der Waals surface area contributed by atoms with Gasteiger partial charge in [0.2, 0.25) is 0 Å². The second kappa shape index (κ2) is 10.1. The van der Waals surface area contributed by atoms with E-state index in [1.165, 1.54) is 49.6 Å². The van der Waals surface area contributed by atoms with Crippen molar-refractivity contribution in [2.45, 2.75) is 84.5 Å². The molecule has 25 heavy (non-hydrogen) atoms. The number of rotatable bonds is 8. The van der Waals surface area contributed by atoms with Gasteiger partial charge in [0.05, 0.1) is 6.10 Å². The van der Waals surface area contributed by atoms with E-state index in [1.54, 1.807) is 0 Å². The smallest absolute Gasteiger partial charge is 0.197 e. The maximum absolute atomic E-state index is 6.05. The van der Waals surface area contributed by atoms with Crippen LogP contribution in [0.4, 0.5) is 0 Å². The van der Waals surface area contributed by atoms with Gasteiger partial charge in [-0.05, 0) is 43.4 Å². The molecule has 3 unspecified atom stereocenters. The van der Waals surface area contributed by atoms with Crippen LogP contribution in [0.3, 0.4) is 0 Å². The Labute approximate surface area is 155 Å². The zero-order chi connectivity index (χ0) is 18.2. The fourth-order valence-electron chi connectivity index (χ4n) is 3.66. The highest BCUT2D eigenvalue weighted by molar-refractivity contribution is 6.21. The van der Waals surface area contributed by atoms with E-state index in [0.717, 1.165) is 5.75 Å². The van der Waals surface area contributed by atoms with Crippen molar-refractivity contribution in [1.82, 2.24) is 0 Å². The number of allylic oxidation sites excluding steroid dienone is 2. The molecule has 2 nitrogen and oxygen atoms in total. The summed E-state index contributed by atoms with van der Waals surface area (Å²) in [5, 5.41) is 0. The van der Waals surface area contributed by atoms with Crippen molar-refractivity contribution in [2.24, 2.45) is 5.92 Å². The van der Waals surface area contributed by atoms with Crippen molar-refractivity contribution in [3.63, 3.8) is 0 Å².